The Hall–Kier alpha value is -3.64. The van der Waals surface area contributed by atoms with Gasteiger partial charge in [-0.1, -0.05) is 62.4 Å². The van der Waals surface area contributed by atoms with Gasteiger partial charge in [0.1, 0.15) is 23.8 Å². The lowest BCUT2D eigenvalue weighted by molar-refractivity contribution is -0.122. The highest BCUT2D eigenvalue weighted by molar-refractivity contribution is 7.80. The average molecular weight is 473 g/mol. The van der Waals surface area contributed by atoms with Crippen molar-refractivity contribution in [3.63, 3.8) is 0 Å². The van der Waals surface area contributed by atoms with Crippen LogP contribution >= 0.6 is 12.2 Å². The molecule has 1 aliphatic rings. The molecule has 3 aromatic carbocycles. The third kappa shape index (κ3) is 5.46. The van der Waals surface area contributed by atoms with Crippen LogP contribution in [0.1, 0.15) is 25.0 Å². The molecule has 0 spiro atoms. The minimum Gasteiger partial charge on any atom is -0.496 e. The van der Waals surface area contributed by atoms with Gasteiger partial charge in [0.2, 0.25) is 0 Å². The summed E-state index contributed by atoms with van der Waals surface area (Å²) in [6.45, 7) is 5.04. The topological polar surface area (TPSA) is 50.8 Å². The summed E-state index contributed by atoms with van der Waals surface area (Å²) in [6.07, 6.45) is 1.81. The molecule has 0 aromatic heterocycles. The largest absolute Gasteiger partial charge is 0.496 e. The Morgan fingerprint density at radius 1 is 1.00 bits per heavy atom. The molecule has 1 aliphatic heterocycles. The predicted octanol–water partition coefficient (Wildman–Crippen LogP) is 5.65. The molecule has 1 amide bonds. The van der Waals surface area contributed by atoms with Crippen molar-refractivity contribution in [2.45, 2.75) is 20.5 Å². The number of ether oxygens (including phenoxy) is 2. The molecule has 0 aliphatic carbocycles. The predicted molar refractivity (Wildman–Crippen MR) is 139 cm³/mol. The maximum Gasteiger partial charge on any atom is 0.276 e. The molecule has 0 unspecified atom stereocenters. The number of carbonyl (C=O) groups excluding carboxylic acids is 1. The van der Waals surface area contributed by atoms with E-state index in [4.69, 9.17) is 21.7 Å². The fourth-order valence-electron chi connectivity index (χ4n) is 3.81. The Morgan fingerprint density at radius 3 is 2.38 bits per heavy atom. The molecule has 3 aromatic rings. The van der Waals surface area contributed by atoms with Gasteiger partial charge in [-0.25, -0.2) is 0 Å². The van der Waals surface area contributed by atoms with Gasteiger partial charge in [0.05, 0.1) is 7.11 Å². The van der Waals surface area contributed by atoms with E-state index in [1.54, 1.807) is 12.0 Å². The molecular weight excluding hydrogens is 444 g/mol. The molecular formula is C28H28N2O3S. The molecule has 1 heterocycles. The SMILES string of the molecule is COc1ccc(/C=C2/NC(=S)N(CC(C)C)C2=O)cc1COc1ccc(-c2ccccc2)cc1. The van der Waals surface area contributed by atoms with Gasteiger partial charge in [-0.2, -0.15) is 0 Å². The summed E-state index contributed by atoms with van der Waals surface area (Å²) < 4.78 is 11.6. The molecule has 1 N–H and O–H groups in total. The molecule has 0 saturated carbocycles. The minimum absolute atomic E-state index is 0.106. The second-order valence-corrected chi connectivity index (χ2v) is 8.93. The van der Waals surface area contributed by atoms with Crippen LogP contribution in [0.3, 0.4) is 0 Å². The molecule has 4 rings (SSSR count). The highest BCUT2D eigenvalue weighted by atomic mass is 32.1. The zero-order valence-corrected chi connectivity index (χ0v) is 20.4. The lowest BCUT2D eigenvalue weighted by atomic mass is 10.1. The van der Waals surface area contributed by atoms with E-state index in [0.29, 0.717) is 29.9 Å². The van der Waals surface area contributed by atoms with Gasteiger partial charge in [-0.15, -0.1) is 0 Å². The first kappa shape index (κ1) is 23.5. The van der Waals surface area contributed by atoms with Crippen LogP contribution in [-0.2, 0) is 11.4 Å². The van der Waals surface area contributed by atoms with Crippen molar-refractivity contribution >= 4 is 29.3 Å². The minimum atomic E-state index is -0.106. The third-order valence-electron chi connectivity index (χ3n) is 5.48. The van der Waals surface area contributed by atoms with Crippen molar-refractivity contribution < 1.29 is 14.3 Å². The Morgan fingerprint density at radius 2 is 1.71 bits per heavy atom. The van der Waals surface area contributed by atoms with Gasteiger partial charge >= 0.3 is 0 Å². The number of hydrogen-bond donors (Lipinski definition) is 1. The Labute approximate surface area is 206 Å². The number of hydrogen-bond acceptors (Lipinski definition) is 4. The first-order valence-electron chi connectivity index (χ1n) is 11.2. The summed E-state index contributed by atoms with van der Waals surface area (Å²) in [5.41, 5.74) is 4.52. The summed E-state index contributed by atoms with van der Waals surface area (Å²) in [5.74, 6) is 1.72. The molecule has 1 fully saturated rings. The molecule has 34 heavy (non-hydrogen) atoms. The fourth-order valence-corrected chi connectivity index (χ4v) is 4.07. The first-order chi connectivity index (χ1) is 16.4. The van der Waals surface area contributed by atoms with E-state index in [0.717, 1.165) is 33.8 Å². The quantitative estimate of drug-likeness (QED) is 0.339. The molecule has 5 nitrogen and oxygen atoms in total. The molecule has 0 atom stereocenters. The number of carbonyl (C=O) groups is 1. The molecule has 0 radical (unpaired) electrons. The van der Waals surface area contributed by atoms with E-state index in [9.17, 15) is 4.79 Å². The van der Waals surface area contributed by atoms with Crippen LogP contribution in [0.5, 0.6) is 11.5 Å². The number of nitrogens with one attached hydrogen (secondary N) is 1. The normalized spacial score (nSPS) is 14.6. The van der Waals surface area contributed by atoms with Crippen LogP contribution in [0.2, 0.25) is 0 Å². The van der Waals surface area contributed by atoms with Crippen LogP contribution in [0.25, 0.3) is 17.2 Å². The maximum atomic E-state index is 12.8. The van der Waals surface area contributed by atoms with Crippen molar-refractivity contribution in [1.82, 2.24) is 10.2 Å². The number of nitrogens with zero attached hydrogens (tertiary/aromatic N) is 1. The van der Waals surface area contributed by atoms with Crippen LogP contribution < -0.4 is 14.8 Å². The van der Waals surface area contributed by atoms with Crippen LogP contribution in [0, 0.1) is 5.92 Å². The zero-order chi connectivity index (χ0) is 24.1. The summed E-state index contributed by atoms with van der Waals surface area (Å²) in [7, 11) is 1.63. The van der Waals surface area contributed by atoms with E-state index in [2.05, 4.69) is 31.3 Å². The summed E-state index contributed by atoms with van der Waals surface area (Å²) in [4.78, 5) is 14.4. The van der Waals surface area contributed by atoms with Crippen molar-refractivity contribution in [1.29, 1.82) is 0 Å². The molecule has 174 valence electrons. The van der Waals surface area contributed by atoms with Crippen LogP contribution in [0.4, 0.5) is 0 Å². The standard InChI is InChI=1S/C28H28N2O3S/c1-19(2)17-30-27(31)25(29-28(30)34)16-20-9-14-26(32-3)23(15-20)18-33-24-12-10-22(11-13-24)21-7-5-4-6-8-21/h4-16,19H,17-18H2,1-3H3,(H,29,34)/b25-16+. The maximum absolute atomic E-state index is 12.8. The number of amides is 1. The summed E-state index contributed by atoms with van der Waals surface area (Å²) in [6, 6.07) is 24.0. The molecule has 1 saturated heterocycles. The second kappa shape index (κ2) is 10.5. The number of rotatable bonds is 8. The van der Waals surface area contributed by atoms with Crippen molar-refractivity contribution in [2.24, 2.45) is 5.92 Å². The van der Waals surface area contributed by atoms with Crippen molar-refractivity contribution in [3.05, 3.63) is 89.6 Å². The van der Waals surface area contributed by atoms with Gasteiger partial charge in [0.15, 0.2) is 5.11 Å². The van der Waals surface area contributed by atoms with E-state index in [-0.39, 0.29) is 5.91 Å². The highest BCUT2D eigenvalue weighted by Crippen LogP contribution is 2.26. The van der Waals surface area contributed by atoms with Gasteiger partial charge in [0, 0.05) is 12.1 Å². The lowest BCUT2D eigenvalue weighted by Crippen LogP contribution is -2.33. The van der Waals surface area contributed by atoms with Crippen LogP contribution in [0.15, 0.2) is 78.5 Å². The van der Waals surface area contributed by atoms with Crippen molar-refractivity contribution in [2.75, 3.05) is 13.7 Å². The monoisotopic (exact) mass is 472 g/mol. The van der Waals surface area contributed by atoms with Gasteiger partial charge in [-0.3, -0.25) is 9.69 Å². The van der Waals surface area contributed by atoms with Crippen molar-refractivity contribution in [3.8, 4) is 22.6 Å². The average Bonchev–Trinajstić information content (AvgIpc) is 3.10. The highest BCUT2D eigenvalue weighted by Gasteiger charge is 2.30. The Balaban J connectivity index is 1.48. The van der Waals surface area contributed by atoms with Crippen LogP contribution in [-0.4, -0.2) is 29.6 Å². The van der Waals surface area contributed by atoms with E-state index in [1.165, 1.54) is 0 Å². The Kier molecular flexibility index (Phi) is 7.28. The van der Waals surface area contributed by atoms with E-state index in [1.807, 2.05) is 66.7 Å². The Bertz CT molecular complexity index is 1200. The lowest BCUT2D eigenvalue weighted by Gasteiger charge is -2.16. The van der Waals surface area contributed by atoms with E-state index >= 15 is 0 Å². The smallest absolute Gasteiger partial charge is 0.276 e. The first-order valence-corrected chi connectivity index (χ1v) is 11.6. The molecule has 0 bridgehead atoms. The third-order valence-corrected chi connectivity index (χ3v) is 5.80. The number of benzene rings is 3. The van der Waals surface area contributed by atoms with E-state index < -0.39 is 0 Å². The second-order valence-electron chi connectivity index (χ2n) is 8.55. The van der Waals surface area contributed by atoms with Gasteiger partial charge in [0.25, 0.3) is 5.91 Å². The fraction of sp³-hybridized carbons (Fsp3) is 0.214. The summed E-state index contributed by atoms with van der Waals surface area (Å²) >= 11 is 5.34. The number of thiocarbonyl (C=S) groups is 1. The molecule has 6 heteroatoms. The van der Waals surface area contributed by atoms with Gasteiger partial charge in [-0.05, 0) is 65.2 Å². The number of methoxy groups -OCH3 is 1. The van der Waals surface area contributed by atoms with Gasteiger partial charge < -0.3 is 14.8 Å². The zero-order valence-electron chi connectivity index (χ0n) is 19.6. The summed E-state index contributed by atoms with van der Waals surface area (Å²) in [5, 5.41) is 3.48.